The molecule has 5 heteroatoms. The van der Waals surface area contributed by atoms with Gasteiger partial charge in [0.1, 0.15) is 0 Å². The first kappa shape index (κ1) is 11.3. The second-order valence-electron chi connectivity index (χ2n) is 2.75. The molecule has 1 rings (SSSR count). The van der Waals surface area contributed by atoms with E-state index in [0.717, 1.165) is 0 Å². The van der Waals surface area contributed by atoms with Gasteiger partial charge in [-0.25, -0.2) is 0 Å². The minimum absolute atomic E-state index is 0.0520. The summed E-state index contributed by atoms with van der Waals surface area (Å²) in [5.74, 6) is -1.15. The molecule has 0 spiro atoms. The molecule has 0 radical (unpaired) electrons. The van der Waals surface area contributed by atoms with Gasteiger partial charge >= 0.3 is 0 Å². The third kappa shape index (κ3) is 1.99. The van der Waals surface area contributed by atoms with Crippen molar-refractivity contribution >= 4 is 15.9 Å². The highest BCUT2D eigenvalue weighted by atomic mass is 79.9. The fourth-order valence-corrected chi connectivity index (χ4v) is 1.65. The molecule has 3 N–H and O–H groups in total. The molecule has 0 unspecified atom stereocenters. The van der Waals surface area contributed by atoms with Gasteiger partial charge < -0.3 is 15.6 Å². The summed E-state index contributed by atoms with van der Waals surface area (Å²) >= 11 is 3.04. The van der Waals surface area contributed by atoms with Crippen LogP contribution >= 0.6 is 15.9 Å². The van der Waals surface area contributed by atoms with Crippen molar-refractivity contribution in [2.75, 3.05) is 13.7 Å². The first-order valence-electron chi connectivity index (χ1n) is 4.05. The molecule has 0 atom stereocenters. The summed E-state index contributed by atoms with van der Waals surface area (Å²) in [5, 5.41) is 9.28. The van der Waals surface area contributed by atoms with E-state index in [-0.39, 0.29) is 5.75 Å². The summed E-state index contributed by atoms with van der Waals surface area (Å²) in [6, 6.07) is 1.60. The molecule has 1 aromatic carbocycles. The third-order valence-corrected chi connectivity index (χ3v) is 2.45. The predicted octanol–water partition coefficient (Wildman–Crippen LogP) is 1.80. The van der Waals surface area contributed by atoms with Crippen molar-refractivity contribution in [1.82, 2.24) is 0 Å². The summed E-state index contributed by atoms with van der Waals surface area (Å²) in [7, 11) is 1.35. The van der Waals surface area contributed by atoms with Crippen molar-refractivity contribution in [3.05, 3.63) is 21.9 Å². The van der Waals surface area contributed by atoms with Gasteiger partial charge in [-0.15, -0.1) is 0 Å². The Morgan fingerprint density at radius 1 is 1.64 bits per heavy atom. The smallest absolute Gasteiger partial charge is 0.208 e. The molecule has 3 nitrogen and oxygen atoms in total. The fraction of sp³-hybridized carbons (Fsp3) is 0.333. The van der Waals surface area contributed by atoms with Crippen molar-refractivity contribution in [2.24, 2.45) is 5.73 Å². The number of phenolic OH excluding ortho intramolecular Hbond substituents is 1. The van der Waals surface area contributed by atoms with E-state index in [2.05, 4.69) is 15.9 Å². The van der Waals surface area contributed by atoms with E-state index in [1.54, 1.807) is 6.07 Å². The molecule has 0 aliphatic rings. The van der Waals surface area contributed by atoms with Crippen molar-refractivity contribution in [2.45, 2.75) is 6.42 Å². The number of phenols is 1. The maximum absolute atomic E-state index is 13.4. The number of rotatable bonds is 3. The topological polar surface area (TPSA) is 55.5 Å². The second-order valence-corrected chi connectivity index (χ2v) is 3.61. The van der Waals surface area contributed by atoms with Gasteiger partial charge in [0.05, 0.1) is 11.6 Å². The van der Waals surface area contributed by atoms with Crippen molar-refractivity contribution in [3.8, 4) is 11.5 Å². The normalized spacial score (nSPS) is 10.3. The van der Waals surface area contributed by atoms with Gasteiger partial charge in [-0.3, -0.25) is 0 Å². The van der Waals surface area contributed by atoms with E-state index in [1.807, 2.05) is 0 Å². The van der Waals surface area contributed by atoms with Gasteiger partial charge in [-0.05, 0) is 40.5 Å². The number of hydrogen-bond donors (Lipinski definition) is 2. The molecule has 0 aliphatic carbocycles. The summed E-state index contributed by atoms with van der Waals surface area (Å²) in [6.45, 7) is 0.396. The lowest BCUT2D eigenvalue weighted by Crippen LogP contribution is -2.05. The zero-order chi connectivity index (χ0) is 10.7. The van der Waals surface area contributed by atoms with Crippen LogP contribution in [0.4, 0.5) is 4.39 Å². The first-order chi connectivity index (χ1) is 6.61. The number of halogens is 2. The molecule has 0 saturated carbocycles. The van der Waals surface area contributed by atoms with Crippen LogP contribution in [-0.2, 0) is 6.42 Å². The van der Waals surface area contributed by atoms with Crippen LogP contribution in [0.3, 0.4) is 0 Å². The molecule has 0 fully saturated rings. The monoisotopic (exact) mass is 263 g/mol. The second kappa shape index (κ2) is 4.61. The maximum atomic E-state index is 13.4. The molecule has 0 aromatic heterocycles. The average Bonchev–Trinajstić information content (AvgIpc) is 2.16. The van der Waals surface area contributed by atoms with Gasteiger partial charge in [0, 0.05) is 0 Å². The quantitative estimate of drug-likeness (QED) is 0.875. The van der Waals surface area contributed by atoms with E-state index >= 15 is 0 Å². The number of methoxy groups -OCH3 is 1. The van der Waals surface area contributed by atoms with E-state index < -0.39 is 11.6 Å². The van der Waals surface area contributed by atoms with Gasteiger partial charge in [0.2, 0.25) is 5.82 Å². The zero-order valence-electron chi connectivity index (χ0n) is 7.68. The van der Waals surface area contributed by atoms with Crippen LogP contribution in [-0.4, -0.2) is 18.8 Å². The number of aromatic hydroxyl groups is 1. The Bertz CT molecular complexity index is 344. The van der Waals surface area contributed by atoms with Crippen LogP contribution in [0.25, 0.3) is 0 Å². The standard InChI is InChI=1S/C9H11BrFNO2/c1-14-9-5(2-3-12)4-6(10)8(13)7(9)11/h4,13H,2-3,12H2,1H3. The molecule has 14 heavy (non-hydrogen) atoms. The van der Waals surface area contributed by atoms with Crippen molar-refractivity contribution < 1.29 is 14.2 Å². The number of benzene rings is 1. The lowest BCUT2D eigenvalue weighted by Gasteiger charge is -2.10. The fourth-order valence-electron chi connectivity index (χ4n) is 1.20. The minimum atomic E-state index is -0.759. The number of nitrogens with two attached hydrogens (primary N) is 1. The first-order valence-corrected chi connectivity index (χ1v) is 4.85. The maximum Gasteiger partial charge on any atom is 0.208 e. The Kier molecular flexibility index (Phi) is 3.71. The zero-order valence-corrected chi connectivity index (χ0v) is 9.27. The highest BCUT2D eigenvalue weighted by molar-refractivity contribution is 9.10. The van der Waals surface area contributed by atoms with Crippen LogP contribution in [0.5, 0.6) is 11.5 Å². The Labute approximate surface area is 89.8 Å². The van der Waals surface area contributed by atoms with Gasteiger partial charge in [-0.1, -0.05) is 0 Å². The molecule has 0 saturated heterocycles. The van der Waals surface area contributed by atoms with E-state index in [4.69, 9.17) is 10.5 Å². The summed E-state index contributed by atoms with van der Waals surface area (Å²) in [5.41, 5.74) is 6.00. The summed E-state index contributed by atoms with van der Waals surface area (Å²) in [6.07, 6.45) is 0.499. The Morgan fingerprint density at radius 3 is 2.79 bits per heavy atom. The number of hydrogen-bond acceptors (Lipinski definition) is 3. The molecule has 0 heterocycles. The molecular weight excluding hydrogens is 253 g/mol. The minimum Gasteiger partial charge on any atom is -0.504 e. The van der Waals surface area contributed by atoms with Crippen molar-refractivity contribution in [1.29, 1.82) is 0 Å². The van der Waals surface area contributed by atoms with Gasteiger partial charge in [0.25, 0.3) is 0 Å². The summed E-state index contributed by atoms with van der Waals surface area (Å²) in [4.78, 5) is 0. The average molecular weight is 264 g/mol. The van der Waals surface area contributed by atoms with E-state index in [1.165, 1.54) is 7.11 Å². The largest absolute Gasteiger partial charge is 0.504 e. The molecule has 0 aliphatic heterocycles. The Balaban J connectivity index is 3.28. The van der Waals surface area contributed by atoms with Gasteiger partial charge in [-0.2, -0.15) is 4.39 Å². The van der Waals surface area contributed by atoms with Crippen LogP contribution in [0.15, 0.2) is 10.5 Å². The predicted molar refractivity (Wildman–Crippen MR) is 55.1 cm³/mol. The highest BCUT2D eigenvalue weighted by Gasteiger charge is 2.16. The lowest BCUT2D eigenvalue weighted by atomic mass is 10.1. The van der Waals surface area contributed by atoms with E-state index in [9.17, 15) is 9.50 Å². The van der Waals surface area contributed by atoms with Crippen LogP contribution in [0, 0.1) is 5.82 Å². The molecule has 78 valence electrons. The summed E-state index contributed by atoms with van der Waals surface area (Å²) < 4.78 is 18.6. The van der Waals surface area contributed by atoms with E-state index in [0.29, 0.717) is 23.0 Å². The van der Waals surface area contributed by atoms with Crippen LogP contribution in [0.1, 0.15) is 5.56 Å². The molecule has 0 bridgehead atoms. The lowest BCUT2D eigenvalue weighted by molar-refractivity contribution is 0.359. The van der Waals surface area contributed by atoms with Crippen molar-refractivity contribution in [3.63, 3.8) is 0 Å². The Hall–Kier alpha value is -0.810. The Morgan fingerprint density at radius 2 is 2.29 bits per heavy atom. The number of ether oxygens (including phenoxy) is 1. The van der Waals surface area contributed by atoms with Crippen LogP contribution < -0.4 is 10.5 Å². The molecular formula is C9H11BrFNO2. The highest BCUT2D eigenvalue weighted by Crippen LogP contribution is 2.36. The molecule has 0 amide bonds. The molecule has 1 aromatic rings. The van der Waals surface area contributed by atoms with Crippen LogP contribution in [0.2, 0.25) is 0 Å². The van der Waals surface area contributed by atoms with Gasteiger partial charge in [0.15, 0.2) is 11.5 Å². The third-order valence-electron chi connectivity index (χ3n) is 1.84. The SMILES string of the molecule is COc1c(CCN)cc(Br)c(O)c1F.